The maximum Gasteiger partial charge on any atom is 0.224 e. The van der Waals surface area contributed by atoms with Crippen LogP contribution in [0.5, 0.6) is 0 Å². The molecule has 1 aliphatic heterocycles. The maximum absolute atomic E-state index is 11.9. The van der Waals surface area contributed by atoms with E-state index in [1.807, 2.05) is 44.3 Å². The molecule has 0 spiro atoms. The molecule has 1 saturated heterocycles. The predicted molar refractivity (Wildman–Crippen MR) is 140 cm³/mol. The summed E-state index contributed by atoms with van der Waals surface area (Å²) in [6.07, 6.45) is 4.78. The second-order valence-electron chi connectivity index (χ2n) is 9.33. The van der Waals surface area contributed by atoms with Gasteiger partial charge in [0.1, 0.15) is 0 Å². The number of aromatic nitrogens is 2. The van der Waals surface area contributed by atoms with Crippen molar-refractivity contribution < 1.29 is 4.79 Å². The van der Waals surface area contributed by atoms with Crippen molar-refractivity contribution in [2.24, 2.45) is 0 Å². The molecule has 3 aromatic rings. The third-order valence-electron chi connectivity index (χ3n) is 6.94. The average Bonchev–Trinajstić information content (AvgIpc) is 3.54. The van der Waals surface area contributed by atoms with Crippen LogP contribution in [0.15, 0.2) is 48.7 Å². The smallest absolute Gasteiger partial charge is 0.224 e. The summed E-state index contributed by atoms with van der Waals surface area (Å²) >= 11 is 5.90. The fraction of sp³-hybridized carbons (Fsp3) is 0.370. The molecule has 0 radical (unpaired) electrons. The van der Waals surface area contributed by atoms with Crippen LogP contribution in [-0.2, 0) is 4.79 Å². The lowest BCUT2D eigenvalue weighted by atomic mass is 9.96. The number of nitrogens with zero attached hydrogens (tertiary/aromatic N) is 3. The molecule has 1 aromatic carbocycles. The van der Waals surface area contributed by atoms with Crippen molar-refractivity contribution in [1.82, 2.24) is 14.9 Å². The zero-order chi connectivity index (χ0) is 24.0. The Morgan fingerprint density at radius 3 is 2.62 bits per heavy atom. The molecular formula is C27H31N5OS. The Balaban J connectivity index is 1.60. The molecular weight excluding hydrogens is 442 g/mol. The van der Waals surface area contributed by atoms with Gasteiger partial charge in [0.05, 0.1) is 17.8 Å². The molecule has 34 heavy (non-hydrogen) atoms. The van der Waals surface area contributed by atoms with Crippen LogP contribution >= 0.6 is 12.2 Å². The summed E-state index contributed by atoms with van der Waals surface area (Å²) in [5.74, 6) is 0.00909. The second kappa shape index (κ2) is 8.87. The summed E-state index contributed by atoms with van der Waals surface area (Å²) in [6, 6.07) is 15.0. The number of nitrogens with one attached hydrogen (secondary N) is 2. The minimum atomic E-state index is -0.0679. The number of hydrogen-bond acceptors (Lipinski definition) is 3. The third kappa shape index (κ3) is 3.98. The van der Waals surface area contributed by atoms with E-state index >= 15 is 0 Å². The van der Waals surface area contributed by atoms with Crippen molar-refractivity contribution in [2.45, 2.75) is 65.1 Å². The Labute approximate surface area is 206 Å². The molecule has 3 heterocycles. The molecule has 1 amide bonds. The van der Waals surface area contributed by atoms with Crippen LogP contribution in [0.25, 0.3) is 0 Å². The first-order valence-corrected chi connectivity index (χ1v) is 12.4. The molecule has 1 aliphatic carbocycles. The average molecular weight is 474 g/mol. The molecule has 0 bridgehead atoms. The number of anilines is 2. The summed E-state index contributed by atoms with van der Waals surface area (Å²) < 4.78 is 2.49. The number of hydrogen-bond donors (Lipinski definition) is 2. The predicted octanol–water partition coefficient (Wildman–Crippen LogP) is 5.67. The van der Waals surface area contributed by atoms with Crippen LogP contribution in [0.2, 0.25) is 0 Å². The highest BCUT2D eigenvalue weighted by Gasteiger charge is 2.43. The normalized spacial score (nSPS) is 19.9. The SMILES string of the molecule is CCC(=O)Nc1ccc(N2C(=S)N[C@H](c3ccccn3)[C@H]2c2cc(C)n(C3CC3)c2C)cc1C. The Morgan fingerprint density at radius 1 is 1.18 bits per heavy atom. The summed E-state index contributed by atoms with van der Waals surface area (Å²) in [5.41, 5.74) is 7.67. The first-order valence-electron chi connectivity index (χ1n) is 12.0. The highest BCUT2D eigenvalue weighted by atomic mass is 32.1. The highest BCUT2D eigenvalue weighted by molar-refractivity contribution is 7.80. The summed E-state index contributed by atoms with van der Waals surface area (Å²) in [4.78, 5) is 18.8. The Kier molecular flexibility index (Phi) is 5.90. The molecule has 2 atom stereocenters. The Hall–Kier alpha value is -3.19. The Bertz CT molecular complexity index is 1250. The van der Waals surface area contributed by atoms with Crippen LogP contribution in [0.4, 0.5) is 11.4 Å². The largest absolute Gasteiger partial charge is 0.351 e. The molecule has 7 heteroatoms. The summed E-state index contributed by atoms with van der Waals surface area (Å²) in [6.45, 7) is 8.30. The van der Waals surface area contributed by atoms with E-state index in [0.717, 1.165) is 22.6 Å². The molecule has 2 aromatic heterocycles. The van der Waals surface area contributed by atoms with Crippen molar-refractivity contribution in [3.8, 4) is 0 Å². The van der Waals surface area contributed by atoms with Gasteiger partial charge in [-0.3, -0.25) is 9.78 Å². The molecule has 176 valence electrons. The first-order chi connectivity index (χ1) is 16.4. The number of thiocarbonyl (C=S) groups is 1. The maximum atomic E-state index is 11.9. The molecule has 2 aliphatic rings. The fourth-order valence-corrected chi connectivity index (χ4v) is 5.47. The molecule has 5 rings (SSSR count). The Morgan fingerprint density at radius 2 is 1.97 bits per heavy atom. The van der Waals surface area contributed by atoms with E-state index in [4.69, 9.17) is 12.2 Å². The van der Waals surface area contributed by atoms with Crippen molar-refractivity contribution in [2.75, 3.05) is 10.2 Å². The van der Waals surface area contributed by atoms with E-state index in [1.54, 1.807) is 0 Å². The van der Waals surface area contributed by atoms with E-state index in [1.165, 1.54) is 29.8 Å². The lowest BCUT2D eigenvalue weighted by Gasteiger charge is -2.29. The van der Waals surface area contributed by atoms with Crippen molar-refractivity contribution in [1.29, 1.82) is 0 Å². The standard InChI is InChI=1S/C27H31N5OS/c1-5-24(33)29-22-12-11-20(14-16(22)2)32-26(21-15-17(3)31(18(21)4)19-9-10-19)25(30-27(32)34)23-8-6-7-13-28-23/h6-8,11-15,19,25-26H,5,9-10H2,1-4H3,(H,29,33)(H,30,34)/t25-,26-/m1/s1. The van der Waals surface area contributed by atoms with E-state index in [2.05, 4.69) is 57.1 Å². The first kappa shape index (κ1) is 22.6. The van der Waals surface area contributed by atoms with Gasteiger partial charge in [0, 0.05) is 41.4 Å². The van der Waals surface area contributed by atoms with Gasteiger partial charge in [-0.15, -0.1) is 0 Å². The van der Waals surface area contributed by atoms with Crippen molar-refractivity contribution in [3.63, 3.8) is 0 Å². The summed E-state index contributed by atoms with van der Waals surface area (Å²) in [5, 5.41) is 7.23. The van der Waals surface area contributed by atoms with Gasteiger partial charge in [-0.05, 0) is 93.4 Å². The van der Waals surface area contributed by atoms with Gasteiger partial charge in [0.2, 0.25) is 5.91 Å². The minimum absolute atomic E-state index is 0.00909. The van der Waals surface area contributed by atoms with Gasteiger partial charge >= 0.3 is 0 Å². The fourth-order valence-electron chi connectivity index (χ4n) is 5.12. The van der Waals surface area contributed by atoms with E-state index < -0.39 is 0 Å². The molecule has 6 nitrogen and oxygen atoms in total. The zero-order valence-electron chi connectivity index (χ0n) is 20.1. The van der Waals surface area contributed by atoms with Crippen LogP contribution in [0.1, 0.15) is 72.5 Å². The third-order valence-corrected chi connectivity index (χ3v) is 7.25. The van der Waals surface area contributed by atoms with E-state index in [0.29, 0.717) is 17.6 Å². The van der Waals surface area contributed by atoms with Gasteiger partial charge in [0.15, 0.2) is 5.11 Å². The van der Waals surface area contributed by atoms with Gasteiger partial charge in [-0.25, -0.2) is 0 Å². The topological polar surface area (TPSA) is 62.2 Å². The zero-order valence-corrected chi connectivity index (χ0v) is 20.9. The number of rotatable bonds is 6. The van der Waals surface area contributed by atoms with E-state index in [-0.39, 0.29) is 18.0 Å². The number of carbonyl (C=O) groups excluding carboxylic acids is 1. The molecule has 1 saturated carbocycles. The lowest BCUT2D eigenvalue weighted by Crippen LogP contribution is -2.29. The molecule has 2 N–H and O–H groups in total. The highest BCUT2D eigenvalue weighted by Crippen LogP contribution is 2.46. The van der Waals surface area contributed by atoms with Crippen LogP contribution < -0.4 is 15.5 Å². The molecule has 2 fully saturated rings. The number of aryl methyl sites for hydroxylation is 2. The number of benzene rings is 1. The van der Waals surface area contributed by atoms with Crippen LogP contribution in [0.3, 0.4) is 0 Å². The minimum Gasteiger partial charge on any atom is -0.351 e. The number of amides is 1. The number of pyridine rings is 1. The number of carbonyl (C=O) groups is 1. The van der Waals surface area contributed by atoms with Gasteiger partial charge < -0.3 is 20.1 Å². The quantitative estimate of drug-likeness (QED) is 0.452. The lowest BCUT2D eigenvalue weighted by molar-refractivity contribution is -0.115. The monoisotopic (exact) mass is 473 g/mol. The van der Waals surface area contributed by atoms with Gasteiger partial charge in [-0.2, -0.15) is 0 Å². The van der Waals surface area contributed by atoms with Crippen LogP contribution in [-0.4, -0.2) is 20.6 Å². The second-order valence-corrected chi connectivity index (χ2v) is 9.71. The molecule has 0 unspecified atom stereocenters. The summed E-state index contributed by atoms with van der Waals surface area (Å²) in [7, 11) is 0. The van der Waals surface area contributed by atoms with Gasteiger partial charge in [0.25, 0.3) is 0 Å². The van der Waals surface area contributed by atoms with Crippen molar-refractivity contribution in [3.05, 3.63) is 76.9 Å². The van der Waals surface area contributed by atoms with E-state index in [9.17, 15) is 4.79 Å². The van der Waals surface area contributed by atoms with Gasteiger partial charge in [-0.1, -0.05) is 13.0 Å². The van der Waals surface area contributed by atoms with Crippen molar-refractivity contribution >= 4 is 34.6 Å². The van der Waals surface area contributed by atoms with Crippen LogP contribution in [0, 0.1) is 20.8 Å².